The zero-order chi connectivity index (χ0) is 18.3. The number of carbonyl (C=O) groups excluding carboxylic acids is 1. The Morgan fingerprint density at radius 3 is 2.42 bits per heavy atom. The number of pyridine rings is 1. The van der Waals surface area contributed by atoms with Crippen molar-refractivity contribution in [1.29, 1.82) is 0 Å². The van der Waals surface area contributed by atoms with Crippen molar-refractivity contribution < 1.29 is 4.79 Å². The van der Waals surface area contributed by atoms with Crippen LogP contribution in [0.5, 0.6) is 0 Å². The van der Waals surface area contributed by atoms with E-state index in [-0.39, 0.29) is 5.91 Å². The monoisotopic (exact) mass is 344 g/mol. The van der Waals surface area contributed by atoms with Crippen LogP contribution in [0.3, 0.4) is 0 Å². The van der Waals surface area contributed by atoms with Gasteiger partial charge >= 0.3 is 0 Å². The quantitative estimate of drug-likeness (QED) is 0.651. The van der Waals surface area contributed by atoms with Gasteiger partial charge in [-0.25, -0.2) is 4.98 Å². The van der Waals surface area contributed by atoms with Crippen LogP contribution in [0.1, 0.15) is 39.9 Å². The molecule has 0 saturated carbocycles. The van der Waals surface area contributed by atoms with Crippen molar-refractivity contribution >= 4 is 16.8 Å². The number of likely N-dealkylation sites (tertiary alicyclic amines) is 1. The van der Waals surface area contributed by atoms with Crippen LogP contribution in [-0.4, -0.2) is 28.9 Å². The van der Waals surface area contributed by atoms with E-state index in [1.165, 1.54) is 11.1 Å². The van der Waals surface area contributed by atoms with Gasteiger partial charge in [-0.15, -0.1) is 0 Å². The van der Waals surface area contributed by atoms with E-state index in [1.807, 2.05) is 23.1 Å². The first-order chi connectivity index (χ1) is 12.5. The Kier molecular flexibility index (Phi) is 4.23. The van der Waals surface area contributed by atoms with Crippen molar-refractivity contribution in [3.8, 4) is 11.3 Å². The summed E-state index contributed by atoms with van der Waals surface area (Å²) in [5.74, 6) is 0.130. The fraction of sp³-hybridized carbons (Fsp3) is 0.304. The number of benzene rings is 2. The minimum atomic E-state index is 0.130. The van der Waals surface area contributed by atoms with Gasteiger partial charge in [-0.3, -0.25) is 4.79 Å². The number of hydrogen-bond donors (Lipinski definition) is 0. The van der Waals surface area contributed by atoms with E-state index >= 15 is 0 Å². The van der Waals surface area contributed by atoms with Crippen LogP contribution in [0.15, 0.2) is 42.5 Å². The molecular weight excluding hydrogens is 320 g/mol. The van der Waals surface area contributed by atoms with E-state index in [0.29, 0.717) is 0 Å². The Bertz CT molecular complexity index is 1000. The fourth-order valence-electron chi connectivity index (χ4n) is 3.71. The smallest absolute Gasteiger partial charge is 0.254 e. The van der Waals surface area contributed by atoms with Gasteiger partial charge in [0.25, 0.3) is 5.91 Å². The van der Waals surface area contributed by atoms with Gasteiger partial charge in [0, 0.05) is 24.0 Å². The third kappa shape index (κ3) is 2.88. The van der Waals surface area contributed by atoms with Crippen molar-refractivity contribution in [3.05, 3.63) is 64.7 Å². The Hall–Kier alpha value is -2.68. The molecular formula is C23H24N2O. The van der Waals surface area contributed by atoms with E-state index in [9.17, 15) is 4.79 Å². The summed E-state index contributed by atoms with van der Waals surface area (Å²) in [6, 6.07) is 14.4. The van der Waals surface area contributed by atoms with Crippen LogP contribution in [0.25, 0.3) is 22.2 Å². The zero-order valence-electron chi connectivity index (χ0n) is 15.7. The van der Waals surface area contributed by atoms with Gasteiger partial charge in [0.1, 0.15) is 0 Å². The predicted octanol–water partition coefficient (Wildman–Crippen LogP) is 5.06. The van der Waals surface area contributed by atoms with Crippen LogP contribution in [-0.2, 0) is 0 Å². The molecule has 0 unspecified atom stereocenters. The van der Waals surface area contributed by atoms with Crippen LogP contribution >= 0.6 is 0 Å². The fourth-order valence-corrected chi connectivity index (χ4v) is 3.71. The summed E-state index contributed by atoms with van der Waals surface area (Å²) in [6.45, 7) is 7.99. The number of rotatable bonds is 2. The standard InChI is InChI=1S/C23H24N2O/c1-15-9-10-18(13-17(15)3)21-14-20(23(26)25-11-4-5-12-25)19-8-6-7-16(2)22(19)24-21/h6-10,13-14H,4-5,11-12H2,1-3H3. The van der Waals surface area contributed by atoms with Gasteiger partial charge in [0.05, 0.1) is 16.8 Å². The molecule has 2 heterocycles. The summed E-state index contributed by atoms with van der Waals surface area (Å²) in [5.41, 5.74) is 7.23. The molecule has 1 aromatic heterocycles. The second-order valence-electron chi connectivity index (χ2n) is 7.32. The Balaban J connectivity index is 1.93. The summed E-state index contributed by atoms with van der Waals surface area (Å²) in [5, 5.41) is 0.953. The second kappa shape index (κ2) is 6.56. The molecule has 3 aromatic rings. The van der Waals surface area contributed by atoms with Gasteiger partial charge in [-0.2, -0.15) is 0 Å². The number of hydrogen-bond acceptors (Lipinski definition) is 2. The largest absolute Gasteiger partial charge is 0.339 e. The topological polar surface area (TPSA) is 33.2 Å². The number of fused-ring (bicyclic) bond motifs is 1. The van der Waals surface area contributed by atoms with Gasteiger partial charge < -0.3 is 4.90 Å². The first-order valence-corrected chi connectivity index (χ1v) is 9.32. The van der Waals surface area contributed by atoms with Gasteiger partial charge in [-0.1, -0.05) is 30.3 Å². The van der Waals surface area contributed by atoms with E-state index in [4.69, 9.17) is 4.98 Å². The maximum Gasteiger partial charge on any atom is 0.254 e. The lowest BCUT2D eigenvalue weighted by Crippen LogP contribution is -2.28. The average molecular weight is 344 g/mol. The van der Waals surface area contributed by atoms with Crippen molar-refractivity contribution in [1.82, 2.24) is 9.88 Å². The summed E-state index contributed by atoms with van der Waals surface area (Å²) in [6.07, 6.45) is 2.19. The third-order valence-corrected chi connectivity index (χ3v) is 5.47. The third-order valence-electron chi connectivity index (χ3n) is 5.47. The summed E-state index contributed by atoms with van der Waals surface area (Å²) in [7, 11) is 0. The molecule has 4 rings (SSSR count). The molecule has 1 amide bonds. The van der Waals surface area contributed by atoms with Gasteiger partial charge in [0.2, 0.25) is 0 Å². The van der Waals surface area contributed by atoms with Crippen molar-refractivity contribution in [2.45, 2.75) is 33.6 Å². The van der Waals surface area contributed by atoms with Gasteiger partial charge in [-0.05, 0) is 62.4 Å². The second-order valence-corrected chi connectivity index (χ2v) is 7.32. The number of carbonyl (C=O) groups is 1. The van der Waals surface area contributed by atoms with E-state index in [2.05, 4.69) is 45.0 Å². The summed E-state index contributed by atoms with van der Waals surface area (Å²) >= 11 is 0. The molecule has 3 nitrogen and oxygen atoms in total. The lowest BCUT2D eigenvalue weighted by Gasteiger charge is -2.18. The maximum atomic E-state index is 13.2. The molecule has 0 radical (unpaired) electrons. The first kappa shape index (κ1) is 16.8. The number of para-hydroxylation sites is 1. The number of amides is 1. The maximum absolute atomic E-state index is 13.2. The molecule has 1 aliphatic heterocycles. The summed E-state index contributed by atoms with van der Waals surface area (Å²) < 4.78 is 0. The average Bonchev–Trinajstić information content (AvgIpc) is 3.18. The first-order valence-electron chi connectivity index (χ1n) is 9.32. The van der Waals surface area contributed by atoms with E-state index in [1.54, 1.807) is 0 Å². The molecule has 26 heavy (non-hydrogen) atoms. The molecule has 1 fully saturated rings. The highest BCUT2D eigenvalue weighted by molar-refractivity contribution is 6.07. The highest BCUT2D eigenvalue weighted by atomic mass is 16.2. The van der Waals surface area contributed by atoms with Crippen LogP contribution in [0, 0.1) is 20.8 Å². The van der Waals surface area contributed by atoms with E-state index in [0.717, 1.165) is 59.2 Å². The number of aryl methyl sites for hydroxylation is 3. The molecule has 0 spiro atoms. The highest BCUT2D eigenvalue weighted by Gasteiger charge is 2.23. The van der Waals surface area contributed by atoms with Crippen molar-refractivity contribution in [2.24, 2.45) is 0 Å². The minimum Gasteiger partial charge on any atom is -0.339 e. The normalized spacial score (nSPS) is 14.2. The van der Waals surface area contributed by atoms with Crippen molar-refractivity contribution in [3.63, 3.8) is 0 Å². The van der Waals surface area contributed by atoms with Crippen molar-refractivity contribution in [2.75, 3.05) is 13.1 Å². The molecule has 0 N–H and O–H groups in total. The Morgan fingerprint density at radius 2 is 1.69 bits per heavy atom. The lowest BCUT2D eigenvalue weighted by molar-refractivity contribution is 0.0794. The lowest BCUT2D eigenvalue weighted by atomic mass is 9.99. The van der Waals surface area contributed by atoms with E-state index < -0.39 is 0 Å². The number of nitrogens with zero attached hydrogens (tertiary/aromatic N) is 2. The molecule has 0 bridgehead atoms. The molecule has 3 heteroatoms. The molecule has 0 aliphatic carbocycles. The zero-order valence-corrected chi connectivity index (χ0v) is 15.7. The summed E-state index contributed by atoms with van der Waals surface area (Å²) in [4.78, 5) is 20.1. The minimum absolute atomic E-state index is 0.130. The van der Waals surface area contributed by atoms with Crippen LogP contribution in [0.4, 0.5) is 0 Å². The number of aromatic nitrogens is 1. The molecule has 132 valence electrons. The predicted molar refractivity (Wildman–Crippen MR) is 107 cm³/mol. The Morgan fingerprint density at radius 1 is 0.923 bits per heavy atom. The van der Waals surface area contributed by atoms with Gasteiger partial charge in [0.15, 0.2) is 0 Å². The SMILES string of the molecule is Cc1ccc(-c2cc(C(=O)N3CCCC3)c3cccc(C)c3n2)cc1C. The molecule has 1 saturated heterocycles. The molecule has 1 aliphatic rings. The van der Waals surface area contributed by atoms with Crippen LogP contribution < -0.4 is 0 Å². The molecule has 0 atom stereocenters. The Labute approximate surface area is 154 Å². The molecule has 2 aromatic carbocycles. The highest BCUT2D eigenvalue weighted by Crippen LogP contribution is 2.29. The van der Waals surface area contributed by atoms with Crippen LogP contribution in [0.2, 0.25) is 0 Å².